The quantitative estimate of drug-likeness (QED) is 0.620. The standard InChI is InChI=1S/C12H24O2/c1-3-4-5-6-7-8-12(14)9-11(12)10(2)13/h10-11,13-14H,3-9H2,1-2H3/t10-,11-,12-/m1/s1. The molecule has 14 heavy (non-hydrogen) atoms. The molecule has 2 heteroatoms. The fourth-order valence-corrected chi connectivity index (χ4v) is 2.26. The molecule has 2 N–H and O–H groups in total. The van der Waals surface area contributed by atoms with Crippen molar-refractivity contribution in [3.05, 3.63) is 0 Å². The van der Waals surface area contributed by atoms with Crippen molar-refractivity contribution in [3.63, 3.8) is 0 Å². The van der Waals surface area contributed by atoms with Crippen LogP contribution in [0.1, 0.15) is 58.8 Å². The molecule has 0 radical (unpaired) electrons. The molecule has 0 bridgehead atoms. The zero-order valence-electron chi connectivity index (χ0n) is 9.50. The topological polar surface area (TPSA) is 40.5 Å². The van der Waals surface area contributed by atoms with Crippen molar-refractivity contribution in [2.24, 2.45) is 5.92 Å². The molecule has 0 aliphatic heterocycles. The minimum absolute atomic E-state index is 0.147. The van der Waals surface area contributed by atoms with Gasteiger partial charge in [-0.25, -0.2) is 0 Å². The Morgan fingerprint density at radius 1 is 1.29 bits per heavy atom. The van der Waals surface area contributed by atoms with Crippen LogP contribution in [0, 0.1) is 5.92 Å². The Morgan fingerprint density at radius 2 is 1.93 bits per heavy atom. The maximum atomic E-state index is 9.96. The van der Waals surface area contributed by atoms with Crippen LogP contribution in [0.3, 0.4) is 0 Å². The summed E-state index contributed by atoms with van der Waals surface area (Å²) >= 11 is 0. The van der Waals surface area contributed by atoms with Crippen molar-refractivity contribution in [3.8, 4) is 0 Å². The van der Waals surface area contributed by atoms with Gasteiger partial charge in [-0.1, -0.05) is 39.0 Å². The molecular weight excluding hydrogens is 176 g/mol. The van der Waals surface area contributed by atoms with Gasteiger partial charge in [0.2, 0.25) is 0 Å². The van der Waals surface area contributed by atoms with Crippen LogP contribution in [0.5, 0.6) is 0 Å². The average molecular weight is 200 g/mol. The van der Waals surface area contributed by atoms with E-state index in [9.17, 15) is 10.2 Å². The first-order chi connectivity index (χ1) is 6.60. The smallest absolute Gasteiger partial charge is 0.0706 e. The Labute approximate surface area is 87.3 Å². The molecule has 0 saturated heterocycles. The number of hydrogen-bond acceptors (Lipinski definition) is 2. The van der Waals surface area contributed by atoms with Gasteiger partial charge < -0.3 is 10.2 Å². The van der Waals surface area contributed by atoms with Gasteiger partial charge in [-0.3, -0.25) is 0 Å². The van der Waals surface area contributed by atoms with Crippen LogP contribution in [0.15, 0.2) is 0 Å². The fourth-order valence-electron chi connectivity index (χ4n) is 2.26. The Balaban J connectivity index is 2.03. The van der Waals surface area contributed by atoms with Gasteiger partial charge in [0, 0.05) is 5.92 Å². The Bertz CT molecular complexity index is 168. The second kappa shape index (κ2) is 5.13. The predicted molar refractivity (Wildman–Crippen MR) is 58.1 cm³/mol. The zero-order valence-corrected chi connectivity index (χ0v) is 9.50. The summed E-state index contributed by atoms with van der Waals surface area (Å²) < 4.78 is 0. The van der Waals surface area contributed by atoms with E-state index in [0.29, 0.717) is 0 Å². The Morgan fingerprint density at radius 3 is 2.43 bits per heavy atom. The van der Waals surface area contributed by atoms with Crippen molar-refractivity contribution in [1.82, 2.24) is 0 Å². The van der Waals surface area contributed by atoms with Crippen LogP contribution in [0.25, 0.3) is 0 Å². The molecule has 0 aromatic carbocycles. The van der Waals surface area contributed by atoms with Crippen LogP contribution < -0.4 is 0 Å². The molecule has 1 fully saturated rings. The van der Waals surface area contributed by atoms with Gasteiger partial charge >= 0.3 is 0 Å². The average Bonchev–Trinajstić information content (AvgIpc) is 2.78. The molecule has 1 aliphatic carbocycles. The lowest BCUT2D eigenvalue weighted by Gasteiger charge is -2.11. The summed E-state index contributed by atoms with van der Waals surface area (Å²) in [6.45, 7) is 3.98. The number of aliphatic hydroxyl groups is 2. The molecule has 0 aromatic heterocycles. The van der Waals surface area contributed by atoms with E-state index in [1.165, 1.54) is 25.7 Å². The van der Waals surface area contributed by atoms with Gasteiger partial charge in [0.05, 0.1) is 11.7 Å². The van der Waals surface area contributed by atoms with Crippen LogP contribution in [0.4, 0.5) is 0 Å². The third kappa shape index (κ3) is 3.25. The minimum atomic E-state index is -0.514. The van der Waals surface area contributed by atoms with Crippen LogP contribution in [0.2, 0.25) is 0 Å². The first kappa shape index (κ1) is 12.0. The number of aliphatic hydroxyl groups excluding tert-OH is 1. The summed E-state index contributed by atoms with van der Waals surface area (Å²) in [6, 6.07) is 0. The van der Waals surface area contributed by atoms with E-state index in [0.717, 1.165) is 19.3 Å². The summed E-state index contributed by atoms with van der Waals surface area (Å²) in [5.74, 6) is 0.147. The number of rotatable bonds is 7. The van der Waals surface area contributed by atoms with E-state index < -0.39 is 5.60 Å². The first-order valence-electron chi connectivity index (χ1n) is 6.00. The molecule has 3 atom stereocenters. The molecule has 0 spiro atoms. The second-order valence-electron chi connectivity index (χ2n) is 4.82. The van der Waals surface area contributed by atoms with E-state index >= 15 is 0 Å². The highest BCUT2D eigenvalue weighted by Gasteiger charge is 2.54. The first-order valence-corrected chi connectivity index (χ1v) is 6.00. The lowest BCUT2D eigenvalue weighted by Crippen LogP contribution is -2.17. The van der Waals surface area contributed by atoms with E-state index in [4.69, 9.17) is 0 Å². The maximum absolute atomic E-state index is 9.96. The normalized spacial score (nSPS) is 33.0. The van der Waals surface area contributed by atoms with Crippen molar-refractivity contribution >= 4 is 0 Å². The summed E-state index contributed by atoms with van der Waals surface area (Å²) in [5.41, 5.74) is -0.514. The summed E-state index contributed by atoms with van der Waals surface area (Å²) in [5, 5.41) is 19.3. The number of unbranched alkanes of at least 4 members (excludes halogenated alkanes) is 4. The maximum Gasteiger partial charge on any atom is 0.0706 e. The molecule has 1 rings (SSSR count). The van der Waals surface area contributed by atoms with Gasteiger partial charge in [-0.05, 0) is 19.8 Å². The van der Waals surface area contributed by atoms with Crippen molar-refractivity contribution in [2.45, 2.75) is 70.5 Å². The highest BCUT2D eigenvalue weighted by molar-refractivity contribution is 5.05. The molecule has 0 amide bonds. The van der Waals surface area contributed by atoms with Gasteiger partial charge in [-0.15, -0.1) is 0 Å². The molecule has 0 unspecified atom stereocenters. The lowest BCUT2D eigenvalue weighted by atomic mass is 10.0. The van der Waals surface area contributed by atoms with Crippen molar-refractivity contribution in [2.75, 3.05) is 0 Å². The Hall–Kier alpha value is -0.0800. The lowest BCUT2D eigenvalue weighted by molar-refractivity contribution is 0.0715. The molecule has 0 aromatic rings. The van der Waals surface area contributed by atoms with E-state index in [-0.39, 0.29) is 12.0 Å². The number of hydrogen-bond donors (Lipinski definition) is 2. The molecule has 2 nitrogen and oxygen atoms in total. The zero-order chi connectivity index (χ0) is 10.6. The summed E-state index contributed by atoms with van der Waals surface area (Å²) in [7, 11) is 0. The summed E-state index contributed by atoms with van der Waals surface area (Å²) in [4.78, 5) is 0. The minimum Gasteiger partial charge on any atom is -0.393 e. The van der Waals surface area contributed by atoms with Gasteiger partial charge in [-0.2, -0.15) is 0 Å². The third-order valence-electron chi connectivity index (χ3n) is 3.40. The van der Waals surface area contributed by atoms with Crippen LogP contribution >= 0.6 is 0 Å². The monoisotopic (exact) mass is 200 g/mol. The van der Waals surface area contributed by atoms with Crippen LogP contribution in [-0.2, 0) is 0 Å². The molecule has 84 valence electrons. The second-order valence-corrected chi connectivity index (χ2v) is 4.82. The third-order valence-corrected chi connectivity index (χ3v) is 3.40. The summed E-state index contributed by atoms with van der Waals surface area (Å²) in [6.07, 6.45) is 7.54. The molecule has 1 aliphatic rings. The molecule has 1 saturated carbocycles. The van der Waals surface area contributed by atoms with E-state index in [1.54, 1.807) is 6.92 Å². The fraction of sp³-hybridized carbons (Fsp3) is 1.00. The van der Waals surface area contributed by atoms with Crippen molar-refractivity contribution in [1.29, 1.82) is 0 Å². The highest BCUT2D eigenvalue weighted by atomic mass is 16.3. The molecule has 0 heterocycles. The van der Waals surface area contributed by atoms with Crippen LogP contribution in [-0.4, -0.2) is 21.9 Å². The van der Waals surface area contributed by atoms with E-state index in [2.05, 4.69) is 6.92 Å². The van der Waals surface area contributed by atoms with Gasteiger partial charge in [0.15, 0.2) is 0 Å². The molecular formula is C12H24O2. The Kier molecular flexibility index (Phi) is 4.39. The van der Waals surface area contributed by atoms with Gasteiger partial charge in [0.25, 0.3) is 0 Å². The van der Waals surface area contributed by atoms with E-state index in [1.807, 2.05) is 0 Å². The SMILES string of the molecule is CCCCCCC[C@@]1(O)C[C@@H]1[C@@H](C)O. The van der Waals surface area contributed by atoms with Gasteiger partial charge in [0.1, 0.15) is 0 Å². The van der Waals surface area contributed by atoms with Crippen molar-refractivity contribution < 1.29 is 10.2 Å². The largest absolute Gasteiger partial charge is 0.393 e. The predicted octanol–water partition coefficient (Wildman–Crippen LogP) is 2.48. The highest BCUT2D eigenvalue weighted by Crippen LogP contribution is 2.49.